The Bertz CT molecular complexity index is 310. The topological polar surface area (TPSA) is 55.4 Å². The first kappa shape index (κ1) is 16.6. The van der Waals surface area contributed by atoms with Gasteiger partial charge in [-0.25, -0.2) is 4.79 Å². The molecule has 1 saturated heterocycles. The van der Waals surface area contributed by atoms with Gasteiger partial charge in [-0.2, -0.15) is 0 Å². The molecule has 0 radical (unpaired) electrons. The van der Waals surface area contributed by atoms with E-state index >= 15 is 0 Å². The number of carbonyl (C=O) groups excluding carboxylic acids is 2. The largest absolute Gasteiger partial charge is 0.462 e. The van der Waals surface area contributed by atoms with Crippen molar-refractivity contribution in [1.29, 1.82) is 0 Å². The highest BCUT2D eigenvalue weighted by Gasteiger charge is 2.19. The van der Waals surface area contributed by atoms with Crippen LogP contribution in [-0.2, 0) is 14.3 Å². The van der Waals surface area contributed by atoms with Gasteiger partial charge in [0.25, 0.3) is 0 Å². The van der Waals surface area contributed by atoms with Crippen LogP contribution in [-0.4, -0.2) is 30.9 Å². The second-order valence-electron chi connectivity index (χ2n) is 4.15. The Hall–Kier alpha value is -1.42. The fraction of sp³-hybridized carbons (Fsp3) is 0.571. The van der Waals surface area contributed by atoms with Gasteiger partial charge in [0.1, 0.15) is 0 Å². The third-order valence-corrected chi connectivity index (χ3v) is 2.40. The van der Waals surface area contributed by atoms with E-state index in [1.807, 2.05) is 0 Å². The van der Waals surface area contributed by atoms with Crippen LogP contribution in [0.15, 0.2) is 24.8 Å². The second kappa shape index (κ2) is 9.59. The van der Waals surface area contributed by atoms with E-state index in [0.29, 0.717) is 18.6 Å². The molecule has 0 aromatic rings. The van der Waals surface area contributed by atoms with Gasteiger partial charge in [0.2, 0.25) is 0 Å². The molecule has 0 spiro atoms. The fourth-order valence-electron chi connectivity index (χ4n) is 1.27. The summed E-state index contributed by atoms with van der Waals surface area (Å²) in [6.07, 6.45) is 4.29. The van der Waals surface area contributed by atoms with Gasteiger partial charge in [-0.1, -0.05) is 26.0 Å². The molecule has 1 rings (SSSR count). The third-order valence-electron chi connectivity index (χ3n) is 2.40. The van der Waals surface area contributed by atoms with Crippen LogP contribution in [0, 0.1) is 0 Å². The number of hydrogen-bond acceptors (Lipinski definition) is 4. The number of ketones is 1. The van der Waals surface area contributed by atoms with Gasteiger partial charge in [-0.05, 0) is 13.3 Å². The Morgan fingerprint density at radius 1 is 1.61 bits per heavy atom. The Labute approximate surface area is 109 Å². The number of rotatable bonds is 5. The molecule has 1 fully saturated rings. The predicted octanol–water partition coefficient (Wildman–Crippen LogP) is 2.01. The van der Waals surface area contributed by atoms with Crippen LogP contribution in [0.25, 0.3) is 0 Å². The highest BCUT2D eigenvalue weighted by atomic mass is 16.5. The summed E-state index contributed by atoms with van der Waals surface area (Å²) >= 11 is 0. The summed E-state index contributed by atoms with van der Waals surface area (Å²) in [5.74, 6) is -0.0200. The number of carbonyl (C=O) groups is 2. The van der Waals surface area contributed by atoms with Crippen LogP contribution >= 0.6 is 0 Å². The summed E-state index contributed by atoms with van der Waals surface area (Å²) in [6, 6.07) is -0.0602. The molecule has 0 aromatic heterocycles. The number of ether oxygens (including phenoxy) is 1. The molecular formula is C14H23NO3. The zero-order valence-electron chi connectivity index (χ0n) is 11.3. The highest BCUT2D eigenvalue weighted by Crippen LogP contribution is 1.99. The van der Waals surface area contributed by atoms with E-state index < -0.39 is 0 Å². The minimum Gasteiger partial charge on any atom is -0.462 e. The van der Waals surface area contributed by atoms with Gasteiger partial charge in [0, 0.05) is 18.5 Å². The summed E-state index contributed by atoms with van der Waals surface area (Å²) in [5.41, 5.74) is 0.469. The van der Waals surface area contributed by atoms with Gasteiger partial charge in [-0.15, -0.1) is 6.58 Å². The van der Waals surface area contributed by atoms with Crippen molar-refractivity contribution >= 4 is 11.8 Å². The smallest absolute Gasteiger partial charge is 0.333 e. The van der Waals surface area contributed by atoms with E-state index in [-0.39, 0.29) is 17.8 Å². The molecule has 1 atom stereocenters. The van der Waals surface area contributed by atoms with Crippen LogP contribution in [0.2, 0.25) is 0 Å². The predicted molar refractivity (Wildman–Crippen MR) is 72.3 cm³/mol. The monoisotopic (exact) mass is 253 g/mol. The molecule has 0 bridgehead atoms. The maximum absolute atomic E-state index is 10.7. The average molecular weight is 253 g/mol. The molecule has 102 valence electrons. The quantitative estimate of drug-likeness (QED) is 0.352. The number of Topliss-reactive ketones (excluding diaryl/α,β-unsaturated/α-hetero) is 1. The molecule has 0 saturated carbocycles. The number of unbranched alkanes of at least 4 members (excludes halogenated alkanes) is 1. The lowest BCUT2D eigenvalue weighted by atomic mass is 10.2. The van der Waals surface area contributed by atoms with E-state index in [1.165, 1.54) is 0 Å². The Kier molecular flexibility index (Phi) is 8.84. The summed E-state index contributed by atoms with van der Waals surface area (Å²) in [5, 5.41) is 2.99. The van der Waals surface area contributed by atoms with Crippen molar-refractivity contribution in [2.45, 2.75) is 39.2 Å². The molecule has 4 nitrogen and oxygen atoms in total. The second-order valence-corrected chi connectivity index (χ2v) is 4.15. The van der Waals surface area contributed by atoms with Crippen LogP contribution < -0.4 is 5.32 Å². The highest BCUT2D eigenvalue weighted by molar-refractivity contribution is 5.87. The summed E-state index contributed by atoms with van der Waals surface area (Å²) in [6.45, 7) is 12.0. The molecule has 1 N–H and O–H groups in total. The van der Waals surface area contributed by atoms with Crippen LogP contribution in [0.4, 0.5) is 0 Å². The number of nitrogens with one attached hydrogen (secondary N) is 1. The van der Waals surface area contributed by atoms with E-state index in [4.69, 9.17) is 4.74 Å². The molecule has 18 heavy (non-hydrogen) atoms. The van der Waals surface area contributed by atoms with Gasteiger partial charge in [-0.3, -0.25) is 4.79 Å². The first-order valence-corrected chi connectivity index (χ1v) is 6.24. The van der Waals surface area contributed by atoms with E-state index in [9.17, 15) is 9.59 Å². The van der Waals surface area contributed by atoms with Crippen molar-refractivity contribution in [3.05, 3.63) is 24.8 Å². The van der Waals surface area contributed by atoms with Crippen LogP contribution in [0.1, 0.15) is 33.1 Å². The van der Waals surface area contributed by atoms with Crippen molar-refractivity contribution in [3.8, 4) is 0 Å². The summed E-state index contributed by atoms with van der Waals surface area (Å²) in [4.78, 5) is 21.4. The van der Waals surface area contributed by atoms with Crippen molar-refractivity contribution < 1.29 is 14.3 Å². The standard InChI is InChI=1S/C8H14O2.C6H9NO/c1-4-5-6-10-8(9)7(2)3;1-2-5-6(8)3-4-7-5/h2,4-6H2,1,3H3;2,5,7H,1,3-4H2. The molecule has 1 unspecified atom stereocenters. The van der Waals surface area contributed by atoms with E-state index in [0.717, 1.165) is 19.4 Å². The molecule has 0 aromatic carbocycles. The molecule has 4 heteroatoms. The molecule has 1 heterocycles. The Morgan fingerprint density at radius 3 is 2.61 bits per heavy atom. The lowest BCUT2D eigenvalue weighted by molar-refractivity contribution is -0.139. The maximum atomic E-state index is 10.7. The molecule has 1 aliphatic rings. The van der Waals surface area contributed by atoms with Gasteiger partial charge in [0.15, 0.2) is 5.78 Å². The zero-order valence-corrected chi connectivity index (χ0v) is 11.3. The maximum Gasteiger partial charge on any atom is 0.333 e. The van der Waals surface area contributed by atoms with Crippen molar-refractivity contribution in [3.63, 3.8) is 0 Å². The zero-order chi connectivity index (χ0) is 14.0. The lowest BCUT2D eigenvalue weighted by Gasteiger charge is -2.01. The van der Waals surface area contributed by atoms with Crippen molar-refractivity contribution in [1.82, 2.24) is 5.32 Å². The van der Waals surface area contributed by atoms with E-state index in [1.54, 1.807) is 13.0 Å². The molecule has 1 aliphatic heterocycles. The average Bonchev–Trinajstić information content (AvgIpc) is 2.75. The van der Waals surface area contributed by atoms with E-state index in [2.05, 4.69) is 25.4 Å². The lowest BCUT2D eigenvalue weighted by Crippen LogP contribution is -2.23. The first-order chi connectivity index (χ1) is 8.52. The van der Waals surface area contributed by atoms with Gasteiger partial charge >= 0.3 is 5.97 Å². The molecule has 0 amide bonds. The Balaban J connectivity index is 0.000000327. The summed E-state index contributed by atoms with van der Waals surface area (Å²) in [7, 11) is 0. The Morgan fingerprint density at radius 2 is 2.28 bits per heavy atom. The normalized spacial score (nSPS) is 17.7. The molecular weight excluding hydrogens is 230 g/mol. The minimum atomic E-state index is -0.284. The summed E-state index contributed by atoms with van der Waals surface area (Å²) < 4.78 is 4.81. The first-order valence-electron chi connectivity index (χ1n) is 6.24. The number of hydrogen-bond donors (Lipinski definition) is 1. The van der Waals surface area contributed by atoms with Gasteiger partial charge in [0.05, 0.1) is 12.6 Å². The third kappa shape index (κ3) is 7.01. The SMILES string of the molecule is C=C(C)C(=O)OCCCC.C=CC1NCCC1=O. The molecule has 0 aliphatic carbocycles. The fourth-order valence-corrected chi connectivity index (χ4v) is 1.27. The van der Waals surface area contributed by atoms with Crippen molar-refractivity contribution in [2.24, 2.45) is 0 Å². The number of esters is 1. The van der Waals surface area contributed by atoms with Gasteiger partial charge < -0.3 is 10.1 Å². The van der Waals surface area contributed by atoms with Crippen LogP contribution in [0.5, 0.6) is 0 Å². The van der Waals surface area contributed by atoms with Crippen LogP contribution in [0.3, 0.4) is 0 Å². The minimum absolute atomic E-state index is 0.0602. The van der Waals surface area contributed by atoms with Crippen molar-refractivity contribution in [2.75, 3.05) is 13.2 Å².